The van der Waals surface area contributed by atoms with Gasteiger partial charge in [0.2, 0.25) is 0 Å². The molecule has 0 amide bonds. The third-order valence-corrected chi connectivity index (χ3v) is 3.04. The Morgan fingerprint density at radius 3 is 2.93 bits per heavy atom. The topological polar surface area (TPSA) is 16.1 Å². The number of nitrogens with zero attached hydrogens (tertiary/aromatic N) is 2. The average Bonchev–Trinajstić information content (AvgIpc) is 2.98. The fraction of sp³-hybridized carbons (Fsp3) is 0.417. The summed E-state index contributed by atoms with van der Waals surface area (Å²) in [7, 11) is 0. The Labute approximate surface area is 99.1 Å². The number of aromatic nitrogens is 1. The maximum atomic E-state index is 4.49. The predicted octanol–water partition coefficient (Wildman–Crippen LogP) is 3.31. The Balaban J connectivity index is 2.28. The quantitative estimate of drug-likeness (QED) is 0.778. The van der Waals surface area contributed by atoms with Gasteiger partial charge in [0.25, 0.3) is 0 Å². The molecule has 2 nitrogen and oxygen atoms in total. The molecule has 1 aliphatic rings. The van der Waals surface area contributed by atoms with E-state index in [-0.39, 0.29) is 0 Å². The minimum atomic E-state index is 0.676. The van der Waals surface area contributed by atoms with Crippen LogP contribution in [-0.2, 0) is 0 Å². The van der Waals surface area contributed by atoms with Gasteiger partial charge in [-0.05, 0) is 47.3 Å². The van der Waals surface area contributed by atoms with E-state index in [4.69, 9.17) is 0 Å². The molecular weight excluding hydrogens is 252 g/mol. The molecule has 1 heterocycles. The maximum Gasteiger partial charge on any atom is 0.132 e. The first-order valence-corrected chi connectivity index (χ1v) is 6.01. The number of aryl methyl sites for hydroxylation is 1. The third-order valence-electron chi connectivity index (χ3n) is 2.60. The summed E-state index contributed by atoms with van der Waals surface area (Å²) in [5.74, 6) is 1.10. The minimum Gasteiger partial charge on any atom is -0.350 e. The lowest BCUT2D eigenvalue weighted by Crippen LogP contribution is -2.27. The molecule has 1 aliphatic carbocycles. The van der Waals surface area contributed by atoms with Crippen molar-refractivity contribution in [1.82, 2.24) is 4.98 Å². The molecule has 0 atom stereocenters. The Kier molecular flexibility index (Phi) is 3.10. The van der Waals surface area contributed by atoms with Crippen LogP contribution in [0, 0.1) is 6.92 Å². The summed E-state index contributed by atoms with van der Waals surface area (Å²) in [5, 5.41) is 0. The Bertz CT molecular complexity index is 372. The standard InChI is InChI=1S/C12H15BrN2/c1-3-6-15(11-4-5-11)12-9(2)7-10(13)8-14-12/h3,7-8,11H,1,4-6H2,2H3. The normalized spacial score (nSPS) is 15.1. The van der Waals surface area contributed by atoms with Gasteiger partial charge >= 0.3 is 0 Å². The zero-order valence-corrected chi connectivity index (χ0v) is 10.5. The van der Waals surface area contributed by atoms with Crippen LogP contribution in [0.4, 0.5) is 5.82 Å². The molecule has 2 rings (SSSR count). The van der Waals surface area contributed by atoms with E-state index in [2.05, 4.69) is 45.4 Å². The summed E-state index contributed by atoms with van der Waals surface area (Å²) in [4.78, 5) is 6.83. The maximum absolute atomic E-state index is 4.49. The summed E-state index contributed by atoms with van der Waals surface area (Å²) in [6.07, 6.45) is 6.37. The van der Waals surface area contributed by atoms with Crippen LogP contribution in [0.25, 0.3) is 0 Å². The molecule has 0 spiro atoms. The number of rotatable bonds is 4. The van der Waals surface area contributed by atoms with Gasteiger partial charge in [0, 0.05) is 23.3 Å². The number of pyridine rings is 1. The molecule has 1 saturated carbocycles. The van der Waals surface area contributed by atoms with Crippen LogP contribution in [-0.4, -0.2) is 17.6 Å². The average molecular weight is 267 g/mol. The molecule has 0 saturated heterocycles. The lowest BCUT2D eigenvalue weighted by molar-refractivity contribution is 0.835. The summed E-state index contributed by atoms with van der Waals surface area (Å²) in [5.41, 5.74) is 1.22. The molecule has 1 aromatic rings. The summed E-state index contributed by atoms with van der Waals surface area (Å²) in [6, 6.07) is 2.79. The van der Waals surface area contributed by atoms with Crippen LogP contribution in [0.5, 0.6) is 0 Å². The molecule has 1 aromatic heterocycles. The molecule has 0 aromatic carbocycles. The number of halogens is 1. The van der Waals surface area contributed by atoms with E-state index < -0.39 is 0 Å². The van der Waals surface area contributed by atoms with Crippen LogP contribution < -0.4 is 4.90 Å². The fourth-order valence-corrected chi connectivity index (χ4v) is 2.21. The molecule has 1 fully saturated rings. The van der Waals surface area contributed by atoms with E-state index in [0.29, 0.717) is 6.04 Å². The molecule has 0 unspecified atom stereocenters. The van der Waals surface area contributed by atoms with Crippen LogP contribution >= 0.6 is 15.9 Å². The van der Waals surface area contributed by atoms with Gasteiger partial charge in [-0.25, -0.2) is 4.98 Å². The van der Waals surface area contributed by atoms with Gasteiger partial charge in [0.15, 0.2) is 0 Å². The van der Waals surface area contributed by atoms with Crippen LogP contribution in [0.2, 0.25) is 0 Å². The lowest BCUT2D eigenvalue weighted by atomic mass is 10.2. The van der Waals surface area contributed by atoms with E-state index in [1.807, 2.05) is 12.3 Å². The first-order chi connectivity index (χ1) is 7.22. The second-order valence-corrected chi connectivity index (χ2v) is 4.88. The fourth-order valence-electron chi connectivity index (χ4n) is 1.77. The van der Waals surface area contributed by atoms with Gasteiger partial charge in [0.05, 0.1) is 0 Å². The Morgan fingerprint density at radius 2 is 2.40 bits per heavy atom. The van der Waals surface area contributed by atoms with E-state index in [1.54, 1.807) is 0 Å². The van der Waals surface area contributed by atoms with Crippen molar-refractivity contribution in [3.63, 3.8) is 0 Å². The second kappa shape index (κ2) is 4.35. The van der Waals surface area contributed by atoms with Crippen molar-refractivity contribution in [3.8, 4) is 0 Å². The third kappa shape index (κ3) is 2.40. The van der Waals surface area contributed by atoms with E-state index in [1.165, 1.54) is 18.4 Å². The van der Waals surface area contributed by atoms with Crippen LogP contribution in [0.3, 0.4) is 0 Å². The van der Waals surface area contributed by atoms with Crippen LogP contribution in [0.1, 0.15) is 18.4 Å². The highest BCUT2D eigenvalue weighted by Crippen LogP contribution is 2.32. The van der Waals surface area contributed by atoms with Crippen molar-refractivity contribution in [1.29, 1.82) is 0 Å². The van der Waals surface area contributed by atoms with Crippen molar-refractivity contribution in [2.75, 3.05) is 11.4 Å². The van der Waals surface area contributed by atoms with Crippen molar-refractivity contribution in [2.45, 2.75) is 25.8 Å². The summed E-state index contributed by atoms with van der Waals surface area (Å²) < 4.78 is 1.04. The van der Waals surface area contributed by atoms with Gasteiger partial charge in [-0.2, -0.15) is 0 Å². The predicted molar refractivity (Wildman–Crippen MR) is 67.2 cm³/mol. The SMILES string of the molecule is C=CCN(c1ncc(Br)cc1C)C1CC1. The zero-order valence-electron chi connectivity index (χ0n) is 8.91. The van der Waals surface area contributed by atoms with Crippen molar-refractivity contribution >= 4 is 21.7 Å². The Morgan fingerprint density at radius 1 is 1.67 bits per heavy atom. The van der Waals surface area contributed by atoms with Crippen LogP contribution in [0.15, 0.2) is 29.4 Å². The van der Waals surface area contributed by atoms with Gasteiger partial charge < -0.3 is 4.90 Å². The molecule has 0 aliphatic heterocycles. The van der Waals surface area contributed by atoms with E-state index in [0.717, 1.165) is 16.8 Å². The van der Waals surface area contributed by atoms with Crippen molar-refractivity contribution in [3.05, 3.63) is 35.0 Å². The molecule has 0 radical (unpaired) electrons. The second-order valence-electron chi connectivity index (χ2n) is 3.97. The van der Waals surface area contributed by atoms with Gasteiger partial charge in [0.1, 0.15) is 5.82 Å². The number of hydrogen-bond acceptors (Lipinski definition) is 2. The molecule has 80 valence electrons. The number of hydrogen-bond donors (Lipinski definition) is 0. The highest BCUT2D eigenvalue weighted by molar-refractivity contribution is 9.10. The smallest absolute Gasteiger partial charge is 0.132 e. The first kappa shape index (κ1) is 10.7. The molecule has 3 heteroatoms. The number of anilines is 1. The van der Waals surface area contributed by atoms with Gasteiger partial charge in [-0.15, -0.1) is 6.58 Å². The zero-order chi connectivity index (χ0) is 10.8. The first-order valence-electron chi connectivity index (χ1n) is 5.22. The van der Waals surface area contributed by atoms with Gasteiger partial charge in [-0.3, -0.25) is 0 Å². The molecule has 0 N–H and O–H groups in total. The van der Waals surface area contributed by atoms with E-state index >= 15 is 0 Å². The van der Waals surface area contributed by atoms with E-state index in [9.17, 15) is 0 Å². The highest BCUT2D eigenvalue weighted by atomic mass is 79.9. The van der Waals surface area contributed by atoms with Gasteiger partial charge in [-0.1, -0.05) is 6.08 Å². The molecular formula is C12H15BrN2. The van der Waals surface area contributed by atoms with Crippen molar-refractivity contribution in [2.24, 2.45) is 0 Å². The lowest BCUT2D eigenvalue weighted by Gasteiger charge is -2.23. The molecule has 15 heavy (non-hydrogen) atoms. The Hall–Kier alpha value is -0.830. The summed E-state index contributed by atoms with van der Waals surface area (Å²) in [6.45, 7) is 6.80. The molecule has 0 bridgehead atoms. The largest absolute Gasteiger partial charge is 0.350 e. The summed E-state index contributed by atoms with van der Waals surface area (Å²) >= 11 is 3.44. The monoisotopic (exact) mass is 266 g/mol. The highest BCUT2D eigenvalue weighted by Gasteiger charge is 2.29. The van der Waals surface area contributed by atoms with Crippen molar-refractivity contribution < 1.29 is 0 Å². The minimum absolute atomic E-state index is 0.676.